The highest BCUT2D eigenvalue weighted by Gasteiger charge is 2.25. The van der Waals surface area contributed by atoms with Crippen molar-refractivity contribution in [1.82, 2.24) is 14.9 Å². The predicted molar refractivity (Wildman–Crippen MR) is 60.8 cm³/mol. The van der Waals surface area contributed by atoms with Crippen molar-refractivity contribution >= 4 is 21.6 Å². The van der Waals surface area contributed by atoms with E-state index in [0.717, 1.165) is 25.7 Å². The average molecular weight is 264 g/mol. The lowest BCUT2D eigenvalue weighted by atomic mass is 9.96. The highest BCUT2D eigenvalue weighted by atomic mass is 35.5. The summed E-state index contributed by atoms with van der Waals surface area (Å²) >= 11 is 5.96. The van der Waals surface area contributed by atoms with Crippen LogP contribution in [0.15, 0.2) is 17.3 Å². The van der Waals surface area contributed by atoms with Gasteiger partial charge in [0.2, 0.25) is 0 Å². The van der Waals surface area contributed by atoms with E-state index < -0.39 is 10.0 Å². The fourth-order valence-electron chi connectivity index (χ4n) is 1.85. The van der Waals surface area contributed by atoms with Gasteiger partial charge in [-0.3, -0.25) is 5.10 Å². The minimum Gasteiger partial charge on any atom is -0.266 e. The quantitative estimate of drug-likeness (QED) is 0.806. The van der Waals surface area contributed by atoms with E-state index in [4.69, 9.17) is 11.6 Å². The first kappa shape index (κ1) is 11.9. The number of hydrogen-bond donors (Lipinski definition) is 2. The minimum atomic E-state index is -3.45. The van der Waals surface area contributed by atoms with Crippen LogP contribution in [-0.2, 0) is 10.0 Å². The molecule has 1 heterocycles. The Hall–Kier alpha value is -0.590. The SMILES string of the molecule is O=S(=O)(NC1CCC(Cl)CC1)c1ccn[nH]1. The third-order valence-corrected chi connectivity index (χ3v) is 4.63. The van der Waals surface area contributed by atoms with Crippen LogP contribution in [-0.4, -0.2) is 30.0 Å². The topological polar surface area (TPSA) is 74.8 Å². The van der Waals surface area contributed by atoms with Gasteiger partial charge in [0.1, 0.15) is 0 Å². The van der Waals surface area contributed by atoms with Gasteiger partial charge in [0.25, 0.3) is 10.0 Å². The minimum absolute atomic E-state index is 0.0108. The second kappa shape index (κ2) is 4.73. The number of hydrogen-bond acceptors (Lipinski definition) is 3. The van der Waals surface area contributed by atoms with E-state index in [9.17, 15) is 8.42 Å². The second-order valence-electron chi connectivity index (χ2n) is 3.99. The largest absolute Gasteiger partial charge is 0.266 e. The van der Waals surface area contributed by atoms with Crippen LogP contribution in [0.5, 0.6) is 0 Å². The molecule has 0 saturated heterocycles. The zero-order valence-electron chi connectivity index (χ0n) is 8.69. The highest BCUT2D eigenvalue weighted by molar-refractivity contribution is 7.89. The van der Waals surface area contributed by atoms with Crippen molar-refractivity contribution in [3.8, 4) is 0 Å². The molecule has 0 atom stereocenters. The van der Waals surface area contributed by atoms with E-state index in [1.54, 1.807) is 0 Å². The van der Waals surface area contributed by atoms with Gasteiger partial charge in [0, 0.05) is 11.4 Å². The summed E-state index contributed by atoms with van der Waals surface area (Å²) in [6.07, 6.45) is 4.72. The Balaban J connectivity index is 2.00. The molecule has 0 aliphatic heterocycles. The molecule has 0 radical (unpaired) electrons. The van der Waals surface area contributed by atoms with Crippen LogP contribution in [0.4, 0.5) is 0 Å². The van der Waals surface area contributed by atoms with Crippen LogP contribution < -0.4 is 4.72 Å². The maximum atomic E-state index is 11.8. The average Bonchev–Trinajstić information content (AvgIpc) is 2.75. The number of alkyl halides is 1. The predicted octanol–water partition coefficient (Wildman–Crippen LogP) is 1.24. The Morgan fingerprint density at radius 2 is 2.06 bits per heavy atom. The molecule has 0 aromatic carbocycles. The molecule has 1 aliphatic rings. The molecule has 1 aliphatic carbocycles. The fourth-order valence-corrected chi connectivity index (χ4v) is 3.31. The van der Waals surface area contributed by atoms with Crippen molar-refractivity contribution in [2.24, 2.45) is 0 Å². The highest BCUT2D eigenvalue weighted by Crippen LogP contribution is 2.23. The molecule has 1 aromatic rings. The molecule has 2 rings (SSSR count). The van der Waals surface area contributed by atoms with E-state index in [-0.39, 0.29) is 16.4 Å². The molecule has 0 spiro atoms. The molecule has 0 unspecified atom stereocenters. The lowest BCUT2D eigenvalue weighted by Crippen LogP contribution is -2.37. The normalized spacial score (nSPS) is 26.8. The first-order chi connectivity index (χ1) is 7.58. The molecule has 7 heteroatoms. The van der Waals surface area contributed by atoms with Crippen molar-refractivity contribution in [1.29, 1.82) is 0 Å². The monoisotopic (exact) mass is 263 g/mol. The Kier molecular flexibility index (Phi) is 3.51. The van der Waals surface area contributed by atoms with Crippen molar-refractivity contribution in [2.45, 2.75) is 42.1 Å². The summed E-state index contributed by atoms with van der Waals surface area (Å²) in [6, 6.07) is 1.43. The van der Waals surface area contributed by atoms with Crippen LogP contribution in [0.1, 0.15) is 25.7 Å². The Bertz CT molecular complexity index is 424. The van der Waals surface area contributed by atoms with Gasteiger partial charge in [-0.05, 0) is 31.7 Å². The Labute approximate surface area is 99.6 Å². The van der Waals surface area contributed by atoms with E-state index in [1.807, 2.05) is 0 Å². The summed E-state index contributed by atoms with van der Waals surface area (Å²) in [5.41, 5.74) is 0. The molecule has 0 bridgehead atoms. The standard InChI is InChI=1S/C9H14ClN3O2S/c10-7-1-3-8(4-2-7)13-16(14,15)9-5-6-11-12-9/h5-8,13H,1-4H2,(H,11,12). The molecule has 16 heavy (non-hydrogen) atoms. The summed E-state index contributed by atoms with van der Waals surface area (Å²) in [7, 11) is -3.45. The summed E-state index contributed by atoms with van der Waals surface area (Å²) in [5, 5.41) is 6.38. The van der Waals surface area contributed by atoms with Crippen LogP contribution >= 0.6 is 11.6 Å². The number of sulfonamides is 1. The lowest BCUT2D eigenvalue weighted by Gasteiger charge is -2.25. The van der Waals surface area contributed by atoms with Crippen molar-refractivity contribution < 1.29 is 8.42 Å². The number of rotatable bonds is 3. The first-order valence-electron chi connectivity index (χ1n) is 5.24. The van der Waals surface area contributed by atoms with E-state index in [2.05, 4.69) is 14.9 Å². The van der Waals surface area contributed by atoms with Gasteiger partial charge >= 0.3 is 0 Å². The number of H-pyrrole nitrogens is 1. The van der Waals surface area contributed by atoms with E-state index in [1.165, 1.54) is 12.3 Å². The van der Waals surface area contributed by atoms with Gasteiger partial charge in [0.15, 0.2) is 5.03 Å². The number of nitrogens with one attached hydrogen (secondary N) is 2. The number of aromatic amines is 1. The van der Waals surface area contributed by atoms with E-state index >= 15 is 0 Å². The molecule has 1 aromatic heterocycles. The summed E-state index contributed by atoms with van der Waals surface area (Å²) < 4.78 is 26.3. The molecular weight excluding hydrogens is 250 g/mol. The maximum absolute atomic E-state index is 11.8. The number of nitrogens with zero attached hydrogens (tertiary/aromatic N) is 1. The van der Waals surface area contributed by atoms with Crippen molar-refractivity contribution in [3.63, 3.8) is 0 Å². The van der Waals surface area contributed by atoms with Gasteiger partial charge in [-0.2, -0.15) is 5.10 Å². The smallest absolute Gasteiger partial charge is 0.257 e. The molecule has 1 fully saturated rings. The fraction of sp³-hybridized carbons (Fsp3) is 0.667. The number of halogens is 1. The van der Waals surface area contributed by atoms with Gasteiger partial charge in [-0.1, -0.05) is 0 Å². The molecule has 1 saturated carbocycles. The van der Waals surface area contributed by atoms with Crippen molar-refractivity contribution in [2.75, 3.05) is 0 Å². The zero-order chi connectivity index (χ0) is 11.6. The van der Waals surface area contributed by atoms with Gasteiger partial charge in [-0.15, -0.1) is 11.6 Å². The van der Waals surface area contributed by atoms with E-state index in [0.29, 0.717) is 0 Å². The second-order valence-corrected chi connectivity index (χ2v) is 6.29. The summed E-state index contributed by atoms with van der Waals surface area (Å²) in [5.74, 6) is 0. The Morgan fingerprint density at radius 3 is 2.62 bits per heavy atom. The number of aromatic nitrogens is 2. The Morgan fingerprint density at radius 1 is 1.38 bits per heavy atom. The van der Waals surface area contributed by atoms with Crippen LogP contribution in [0.2, 0.25) is 0 Å². The summed E-state index contributed by atoms with van der Waals surface area (Å²) in [4.78, 5) is 0. The lowest BCUT2D eigenvalue weighted by molar-refractivity contribution is 0.416. The first-order valence-corrected chi connectivity index (χ1v) is 7.15. The van der Waals surface area contributed by atoms with Crippen LogP contribution in [0.25, 0.3) is 0 Å². The molecule has 90 valence electrons. The zero-order valence-corrected chi connectivity index (χ0v) is 10.3. The van der Waals surface area contributed by atoms with Gasteiger partial charge < -0.3 is 0 Å². The van der Waals surface area contributed by atoms with Crippen LogP contribution in [0, 0.1) is 0 Å². The summed E-state index contributed by atoms with van der Waals surface area (Å²) in [6.45, 7) is 0. The van der Waals surface area contributed by atoms with Gasteiger partial charge in [-0.25, -0.2) is 13.1 Å². The van der Waals surface area contributed by atoms with Gasteiger partial charge in [0.05, 0.1) is 6.20 Å². The molecule has 2 N–H and O–H groups in total. The molecule has 0 amide bonds. The van der Waals surface area contributed by atoms with Crippen molar-refractivity contribution in [3.05, 3.63) is 12.3 Å². The van der Waals surface area contributed by atoms with Crippen LogP contribution in [0.3, 0.4) is 0 Å². The molecule has 5 nitrogen and oxygen atoms in total. The third kappa shape index (κ3) is 2.75. The third-order valence-electron chi connectivity index (χ3n) is 2.74. The maximum Gasteiger partial charge on any atom is 0.257 e. The molecular formula is C9H14ClN3O2S.